The summed E-state index contributed by atoms with van der Waals surface area (Å²) in [5.41, 5.74) is 0.588. The molecule has 0 aliphatic heterocycles. The molecular weight excluding hydrogens is 236 g/mol. The average molecular weight is 250 g/mol. The molecule has 2 aromatic heterocycles. The lowest BCUT2D eigenvalue weighted by atomic mass is 10.3. The lowest BCUT2D eigenvalue weighted by Crippen LogP contribution is -2.19. The van der Waals surface area contributed by atoms with E-state index in [1.54, 1.807) is 16.8 Å². The van der Waals surface area contributed by atoms with Gasteiger partial charge >= 0.3 is 0 Å². The van der Waals surface area contributed by atoms with E-state index >= 15 is 0 Å². The van der Waals surface area contributed by atoms with E-state index in [4.69, 9.17) is 0 Å². The second kappa shape index (κ2) is 5.09. The number of aryl methyl sites for hydroxylation is 1. The minimum Gasteiger partial charge on any atom is -0.360 e. The first-order valence-electron chi connectivity index (χ1n) is 5.53. The topological polar surface area (TPSA) is 59.8 Å². The minimum atomic E-state index is -0.0193. The first-order valence-corrected chi connectivity index (χ1v) is 6.35. The molecule has 6 heteroatoms. The quantitative estimate of drug-likeness (QED) is 0.899. The lowest BCUT2D eigenvalue weighted by Gasteiger charge is -2.02. The van der Waals surface area contributed by atoms with Crippen molar-refractivity contribution in [1.82, 2.24) is 14.8 Å². The molecule has 2 heterocycles. The number of nitrogens with zero attached hydrogens (tertiary/aromatic N) is 3. The van der Waals surface area contributed by atoms with E-state index in [-0.39, 0.29) is 5.56 Å². The van der Waals surface area contributed by atoms with Crippen molar-refractivity contribution < 1.29 is 0 Å². The van der Waals surface area contributed by atoms with Gasteiger partial charge in [0, 0.05) is 19.3 Å². The number of hydrogen-bond donors (Lipinski definition) is 1. The largest absolute Gasteiger partial charge is 0.360 e. The summed E-state index contributed by atoms with van der Waals surface area (Å²) in [6.45, 7) is 5.39. The van der Waals surface area contributed by atoms with Gasteiger partial charge in [-0.2, -0.15) is 0 Å². The molecule has 0 saturated carbocycles. The summed E-state index contributed by atoms with van der Waals surface area (Å²) in [7, 11) is 0. The fraction of sp³-hybridized carbons (Fsp3) is 0.364. The van der Waals surface area contributed by atoms with Crippen molar-refractivity contribution in [1.29, 1.82) is 0 Å². The molecule has 1 N–H and O–H groups in total. The molecule has 0 radical (unpaired) electrons. The molecule has 0 atom stereocenters. The maximum absolute atomic E-state index is 12.0. The van der Waals surface area contributed by atoms with Crippen LogP contribution in [-0.2, 0) is 6.54 Å². The molecule has 0 aliphatic carbocycles. The summed E-state index contributed by atoms with van der Waals surface area (Å²) in [4.78, 5) is 12.0. The second-order valence-electron chi connectivity index (χ2n) is 3.46. The van der Waals surface area contributed by atoms with Crippen molar-refractivity contribution in [2.75, 3.05) is 11.9 Å². The standard InChI is InChI=1S/C11H14N4OS/c1-3-12-11-14-13-9(17-11)8-6-5-7-15(4-2)10(8)16/h5-7H,3-4H2,1-2H3,(H,12,14). The predicted molar refractivity (Wildman–Crippen MR) is 69.4 cm³/mol. The van der Waals surface area contributed by atoms with Crippen LogP contribution in [0.1, 0.15) is 13.8 Å². The Hall–Kier alpha value is -1.69. The highest BCUT2D eigenvalue weighted by Gasteiger charge is 2.10. The number of anilines is 1. The zero-order valence-electron chi connectivity index (χ0n) is 9.80. The van der Waals surface area contributed by atoms with Gasteiger partial charge in [-0.05, 0) is 26.0 Å². The van der Waals surface area contributed by atoms with Gasteiger partial charge in [0.25, 0.3) is 5.56 Å². The van der Waals surface area contributed by atoms with Crippen LogP contribution in [-0.4, -0.2) is 21.3 Å². The van der Waals surface area contributed by atoms with E-state index in [0.29, 0.717) is 17.1 Å². The van der Waals surface area contributed by atoms with Crippen molar-refractivity contribution in [3.8, 4) is 10.6 Å². The van der Waals surface area contributed by atoms with Gasteiger partial charge in [-0.15, -0.1) is 10.2 Å². The molecule has 0 amide bonds. The normalized spacial score (nSPS) is 10.5. The molecule has 17 heavy (non-hydrogen) atoms. The van der Waals surface area contributed by atoms with Crippen LogP contribution in [0.25, 0.3) is 10.6 Å². The smallest absolute Gasteiger partial charge is 0.260 e. The monoisotopic (exact) mass is 250 g/mol. The first-order chi connectivity index (χ1) is 8.26. The number of nitrogens with one attached hydrogen (secondary N) is 1. The van der Waals surface area contributed by atoms with Crippen LogP contribution in [0.4, 0.5) is 5.13 Å². The molecule has 0 bridgehead atoms. The van der Waals surface area contributed by atoms with Gasteiger partial charge in [0.1, 0.15) is 0 Å². The van der Waals surface area contributed by atoms with E-state index in [0.717, 1.165) is 11.7 Å². The zero-order chi connectivity index (χ0) is 12.3. The van der Waals surface area contributed by atoms with Crippen molar-refractivity contribution in [2.24, 2.45) is 0 Å². The third-order valence-electron chi connectivity index (χ3n) is 2.34. The van der Waals surface area contributed by atoms with Gasteiger partial charge in [-0.1, -0.05) is 11.3 Å². The molecule has 90 valence electrons. The molecule has 0 saturated heterocycles. The molecule has 0 fully saturated rings. The Morgan fingerprint density at radius 3 is 2.94 bits per heavy atom. The van der Waals surface area contributed by atoms with Crippen LogP contribution in [0, 0.1) is 0 Å². The molecule has 0 spiro atoms. The van der Waals surface area contributed by atoms with E-state index in [2.05, 4.69) is 15.5 Å². The highest BCUT2D eigenvalue weighted by molar-refractivity contribution is 7.18. The Kier molecular flexibility index (Phi) is 3.53. The summed E-state index contributed by atoms with van der Waals surface area (Å²) < 4.78 is 1.66. The fourth-order valence-corrected chi connectivity index (χ4v) is 2.33. The molecule has 0 unspecified atom stereocenters. The van der Waals surface area contributed by atoms with Crippen molar-refractivity contribution in [2.45, 2.75) is 20.4 Å². The number of rotatable bonds is 4. The Morgan fingerprint density at radius 2 is 2.24 bits per heavy atom. The van der Waals surface area contributed by atoms with Gasteiger partial charge in [-0.3, -0.25) is 4.79 Å². The summed E-state index contributed by atoms with van der Waals surface area (Å²) >= 11 is 1.40. The van der Waals surface area contributed by atoms with Crippen LogP contribution in [0.3, 0.4) is 0 Å². The highest BCUT2D eigenvalue weighted by Crippen LogP contribution is 2.23. The average Bonchev–Trinajstić information content (AvgIpc) is 2.78. The van der Waals surface area contributed by atoms with Crippen LogP contribution in [0.5, 0.6) is 0 Å². The Labute approximate surface area is 103 Å². The van der Waals surface area contributed by atoms with E-state index in [1.807, 2.05) is 19.9 Å². The third kappa shape index (κ3) is 2.36. The van der Waals surface area contributed by atoms with E-state index in [1.165, 1.54) is 11.3 Å². The first kappa shape index (κ1) is 11.8. The molecular formula is C11H14N4OS. The summed E-state index contributed by atoms with van der Waals surface area (Å²) in [5, 5.41) is 12.5. The Balaban J connectivity index is 2.42. The highest BCUT2D eigenvalue weighted by atomic mass is 32.1. The van der Waals surface area contributed by atoms with Crippen LogP contribution in [0.2, 0.25) is 0 Å². The Morgan fingerprint density at radius 1 is 1.41 bits per heavy atom. The van der Waals surface area contributed by atoms with Crippen LogP contribution < -0.4 is 10.9 Å². The minimum absolute atomic E-state index is 0.0193. The summed E-state index contributed by atoms with van der Waals surface area (Å²) in [6.07, 6.45) is 1.78. The summed E-state index contributed by atoms with van der Waals surface area (Å²) in [5.74, 6) is 0. The van der Waals surface area contributed by atoms with Gasteiger partial charge < -0.3 is 9.88 Å². The maximum Gasteiger partial charge on any atom is 0.260 e. The fourth-order valence-electron chi connectivity index (χ4n) is 1.50. The molecule has 2 aromatic rings. The van der Waals surface area contributed by atoms with E-state index < -0.39 is 0 Å². The molecule has 5 nitrogen and oxygen atoms in total. The molecule has 0 aromatic carbocycles. The van der Waals surface area contributed by atoms with Gasteiger partial charge in [0.2, 0.25) is 5.13 Å². The van der Waals surface area contributed by atoms with Crippen molar-refractivity contribution >= 4 is 16.5 Å². The summed E-state index contributed by atoms with van der Waals surface area (Å²) in [6, 6.07) is 3.64. The van der Waals surface area contributed by atoms with Gasteiger partial charge in [0.15, 0.2) is 5.01 Å². The van der Waals surface area contributed by atoms with E-state index in [9.17, 15) is 4.79 Å². The van der Waals surface area contributed by atoms with Crippen LogP contribution >= 0.6 is 11.3 Å². The van der Waals surface area contributed by atoms with Crippen molar-refractivity contribution in [3.05, 3.63) is 28.7 Å². The predicted octanol–water partition coefficient (Wildman–Crippen LogP) is 1.82. The lowest BCUT2D eigenvalue weighted by molar-refractivity contribution is 0.728. The SMILES string of the molecule is CCNc1nnc(-c2cccn(CC)c2=O)s1. The molecule has 0 aliphatic rings. The van der Waals surface area contributed by atoms with Gasteiger partial charge in [0.05, 0.1) is 5.56 Å². The number of aromatic nitrogens is 3. The van der Waals surface area contributed by atoms with Crippen LogP contribution in [0.15, 0.2) is 23.1 Å². The third-order valence-corrected chi connectivity index (χ3v) is 3.26. The van der Waals surface area contributed by atoms with Gasteiger partial charge in [-0.25, -0.2) is 0 Å². The molecule has 2 rings (SSSR count). The Bertz CT molecular complexity index is 561. The maximum atomic E-state index is 12.0. The second-order valence-corrected chi connectivity index (χ2v) is 4.43. The zero-order valence-corrected chi connectivity index (χ0v) is 10.6. The number of hydrogen-bond acceptors (Lipinski definition) is 5. The number of pyridine rings is 1. The van der Waals surface area contributed by atoms with Crippen molar-refractivity contribution in [3.63, 3.8) is 0 Å².